The maximum atomic E-state index is 13.2. The number of aryl methyl sites for hydroxylation is 1. The quantitative estimate of drug-likeness (QED) is 0.669. The first-order chi connectivity index (χ1) is 13.1. The molecule has 1 atom stereocenters. The predicted molar refractivity (Wildman–Crippen MR) is 105 cm³/mol. The third-order valence-electron chi connectivity index (χ3n) is 4.76. The van der Waals surface area contributed by atoms with E-state index in [1.54, 1.807) is 28.4 Å². The lowest BCUT2D eigenvalue weighted by atomic mass is 10.1. The Hall–Kier alpha value is -2.44. The lowest BCUT2D eigenvalue weighted by Gasteiger charge is -2.24. The Morgan fingerprint density at radius 3 is 2.93 bits per heavy atom. The number of nitrogens with zero attached hydrogens (tertiary/aromatic N) is 1. The molecule has 140 valence electrons. The summed E-state index contributed by atoms with van der Waals surface area (Å²) < 4.78 is 11.5. The van der Waals surface area contributed by atoms with E-state index in [1.165, 1.54) is 6.07 Å². The molecular weight excluding hydrogens is 362 g/mol. The molecule has 0 radical (unpaired) electrons. The van der Waals surface area contributed by atoms with Crippen LogP contribution in [-0.4, -0.2) is 30.1 Å². The van der Waals surface area contributed by atoms with Crippen LogP contribution in [0.2, 0.25) is 0 Å². The molecule has 0 N–H and O–H groups in total. The average Bonchev–Trinajstić information content (AvgIpc) is 3.34. The molecule has 1 aliphatic heterocycles. The minimum Gasteiger partial charge on any atom is -0.451 e. The number of thiophene rings is 1. The fraction of sp³-hybridized carbons (Fsp3) is 0.333. The molecule has 0 saturated carbocycles. The third-order valence-corrected chi connectivity index (χ3v) is 5.62. The van der Waals surface area contributed by atoms with Gasteiger partial charge in [0.1, 0.15) is 5.58 Å². The molecule has 1 aromatic carbocycles. The van der Waals surface area contributed by atoms with Gasteiger partial charge in [0.2, 0.25) is 0 Å². The molecule has 3 aromatic rings. The Labute approximate surface area is 161 Å². The number of amides is 1. The normalized spacial score (nSPS) is 16.7. The van der Waals surface area contributed by atoms with Crippen LogP contribution in [-0.2, 0) is 11.3 Å². The van der Waals surface area contributed by atoms with Gasteiger partial charge in [-0.3, -0.25) is 9.59 Å². The molecule has 3 heterocycles. The van der Waals surface area contributed by atoms with Gasteiger partial charge in [-0.2, -0.15) is 0 Å². The molecule has 6 heteroatoms. The SMILES string of the molecule is Cc1ccc2c(=O)cc(C(=O)N(Cc3cccs3)CC3CCCO3)oc2c1. The number of ether oxygens (including phenoxy) is 1. The molecule has 1 amide bonds. The predicted octanol–water partition coefficient (Wildman–Crippen LogP) is 3.98. The lowest BCUT2D eigenvalue weighted by molar-refractivity contribution is 0.0486. The first kappa shape index (κ1) is 17.9. The van der Waals surface area contributed by atoms with E-state index in [-0.39, 0.29) is 23.2 Å². The van der Waals surface area contributed by atoms with Crippen molar-refractivity contribution >= 4 is 28.2 Å². The minimum absolute atomic E-state index is 0.0309. The van der Waals surface area contributed by atoms with E-state index in [4.69, 9.17) is 9.15 Å². The molecule has 27 heavy (non-hydrogen) atoms. The van der Waals surface area contributed by atoms with E-state index in [1.807, 2.05) is 30.5 Å². The molecule has 2 aromatic heterocycles. The Morgan fingerprint density at radius 2 is 2.19 bits per heavy atom. The Morgan fingerprint density at radius 1 is 1.30 bits per heavy atom. The van der Waals surface area contributed by atoms with Crippen molar-refractivity contribution in [1.29, 1.82) is 0 Å². The number of rotatable bonds is 5. The van der Waals surface area contributed by atoms with Crippen LogP contribution in [0.3, 0.4) is 0 Å². The fourth-order valence-electron chi connectivity index (χ4n) is 3.37. The molecule has 1 aliphatic rings. The molecule has 1 unspecified atom stereocenters. The van der Waals surface area contributed by atoms with Gasteiger partial charge in [-0.15, -0.1) is 11.3 Å². The third kappa shape index (κ3) is 3.96. The van der Waals surface area contributed by atoms with Gasteiger partial charge in [0.25, 0.3) is 5.91 Å². The highest BCUT2D eigenvalue weighted by molar-refractivity contribution is 7.09. The summed E-state index contributed by atoms with van der Waals surface area (Å²) in [6.45, 7) is 3.63. The summed E-state index contributed by atoms with van der Waals surface area (Å²) in [6, 6.07) is 10.7. The van der Waals surface area contributed by atoms with Crippen LogP contribution >= 0.6 is 11.3 Å². The van der Waals surface area contributed by atoms with Crippen LogP contribution in [0.1, 0.15) is 33.8 Å². The second kappa shape index (κ2) is 7.66. The van der Waals surface area contributed by atoms with Crippen molar-refractivity contribution in [3.05, 3.63) is 68.2 Å². The summed E-state index contributed by atoms with van der Waals surface area (Å²) in [7, 11) is 0. The standard InChI is InChI=1S/C21H21NO4S/c1-14-6-7-17-18(23)11-20(26-19(17)10-14)21(24)22(12-15-4-2-8-25-15)13-16-5-3-9-27-16/h3,5-7,9-11,15H,2,4,8,12-13H2,1H3. The Bertz CT molecular complexity index is 1000. The number of carbonyl (C=O) groups excluding carboxylic acids is 1. The zero-order valence-electron chi connectivity index (χ0n) is 15.1. The lowest BCUT2D eigenvalue weighted by Crippen LogP contribution is -2.37. The van der Waals surface area contributed by atoms with Crippen LogP contribution in [0.15, 0.2) is 51.0 Å². The highest BCUT2D eigenvalue weighted by atomic mass is 32.1. The van der Waals surface area contributed by atoms with Crippen molar-refractivity contribution in [1.82, 2.24) is 4.90 Å². The van der Waals surface area contributed by atoms with Crippen LogP contribution < -0.4 is 5.43 Å². The zero-order chi connectivity index (χ0) is 18.8. The molecular formula is C21H21NO4S. The molecule has 0 spiro atoms. The maximum Gasteiger partial charge on any atom is 0.290 e. The molecule has 5 nitrogen and oxygen atoms in total. The van der Waals surface area contributed by atoms with Gasteiger partial charge in [0.15, 0.2) is 11.2 Å². The zero-order valence-corrected chi connectivity index (χ0v) is 16.0. The van der Waals surface area contributed by atoms with E-state index in [9.17, 15) is 9.59 Å². The molecule has 0 aliphatic carbocycles. The number of carbonyl (C=O) groups is 1. The van der Waals surface area contributed by atoms with Gasteiger partial charge < -0.3 is 14.1 Å². The van der Waals surface area contributed by atoms with Crippen molar-refractivity contribution in [2.24, 2.45) is 0 Å². The molecule has 1 fully saturated rings. The van der Waals surface area contributed by atoms with E-state index in [0.717, 1.165) is 29.9 Å². The van der Waals surface area contributed by atoms with Crippen molar-refractivity contribution in [3.8, 4) is 0 Å². The maximum absolute atomic E-state index is 13.2. The van der Waals surface area contributed by atoms with Crippen LogP contribution in [0, 0.1) is 6.92 Å². The van der Waals surface area contributed by atoms with Crippen molar-refractivity contribution in [2.75, 3.05) is 13.2 Å². The van der Waals surface area contributed by atoms with E-state index in [2.05, 4.69) is 0 Å². The van der Waals surface area contributed by atoms with Gasteiger partial charge in [-0.1, -0.05) is 12.1 Å². The van der Waals surface area contributed by atoms with Crippen LogP contribution in [0.4, 0.5) is 0 Å². The number of hydrogen-bond acceptors (Lipinski definition) is 5. The van der Waals surface area contributed by atoms with E-state index in [0.29, 0.717) is 24.1 Å². The second-order valence-corrected chi connectivity index (χ2v) is 7.91. The number of benzene rings is 1. The molecule has 0 bridgehead atoms. The summed E-state index contributed by atoms with van der Waals surface area (Å²) in [5.74, 6) is -0.202. The summed E-state index contributed by atoms with van der Waals surface area (Å²) in [5.41, 5.74) is 1.22. The average molecular weight is 383 g/mol. The molecule has 4 rings (SSSR count). The fourth-order valence-corrected chi connectivity index (χ4v) is 4.09. The van der Waals surface area contributed by atoms with Crippen LogP contribution in [0.5, 0.6) is 0 Å². The highest BCUT2D eigenvalue weighted by Crippen LogP contribution is 2.21. The topological polar surface area (TPSA) is 59.8 Å². The minimum atomic E-state index is -0.278. The van der Waals surface area contributed by atoms with Crippen molar-refractivity contribution in [3.63, 3.8) is 0 Å². The number of hydrogen-bond donors (Lipinski definition) is 0. The highest BCUT2D eigenvalue weighted by Gasteiger charge is 2.26. The largest absolute Gasteiger partial charge is 0.451 e. The van der Waals surface area contributed by atoms with E-state index < -0.39 is 0 Å². The summed E-state index contributed by atoms with van der Waals surface area (Å²) >= 11 is 1.60. The summed E-state index contributed by atoms with van der Waals surface area (Å²) in [4.78, 5) is 28.4. The van der Waals surface area contributed by atoms with Gasteiger partial charge in [-0.25, -0.2) is 0 Å². The van der Waals surface area contributed by atoms with E-state index >= 15 is 0 Å². The first-order valence-corrected chi connectivity index (χ1v) is 9.96. The van der Waals surface area contributed by atoms with Gasteiger partial charge in [-0.05, 0) is 48.9 Å². The summed E-state index contributed by atoms with van der Waals surface area (Å²) in [6.07, 6.45) is 1.98. The Kier molecular flexibility index (Phi) is 5.09. The number of fused-ring (bicyclic) bond motifs is 1. The van der Waals surface area contributed by atoms with Crippen LogP contribution in [0.25, 0.3) is 11.0 Å². The van der Waals surface area contributed by atoms with Crippen molar-refractivity contribution < 1.29 is 13.9 Å². The monoisotopic (exact) mass is 383 g/mol. The smallest absolute Gasteiger partial charge is 0.290 e. The van der Waals surface area contributed by atoms with Gasteiger partial charge >= 0.3 is 0 Å². The molecule has 1 saturated heterocycles. The van der Waals surface area contributed by atoms with Gasteiger partial charge in [0.05, 0.1) is 18.0 Å². The van der Waals surface area contributed by atoms with Gasteiger partial charge in [0, 0.05) is 24.1 Å². The summed E-state index contributed by atoms with van der Waals surface area (Å²) in [5, 5.41) is 2.48. The second-order valence-electron chi connectivity index (χ2n) is 6.87. The first-order valence-electron chi connectivity index (χ1n) is 9.08. The Balaban J connectivity index is 1.67. The van der Waals surface area contributed by atoms with Crippen molar-refractivity contribution in [2.45, 2.75) is 32.4 Å².